The highest BCUT2D eigenvalue weighted by molar-refractivity contribution is 7.84. The van der Waals surface area contributed by atoms with E-state index in [1.54, 1.807) is 6.26 Å². The van der Waals surface area contributed by atoms with Crippen molar-refractivity contribution in [2.75, 3.05) is 18.6 Å². The summed E-state index contributed by atoms with van der Waals surface area (Å²) < 4.78 is 10.6. The fraction of sp³-hybridized carbons (Fsp3) is 1.00. The van der Waals surface area contributed by atoms with Crippen molar-refractivity contribution in [3.05, 3.63) is 0 Å². The Hall–Kier alpha value is 0.110. The maximum absolute atomic E-state index is 10.6. The highest BCUT2D eigenvalue weighted by Gasteiger charge is 1.99. The first kappa shape index (κ1) is 10.1. The maximum atomic E-state index is 10.6. The normalized spacial score (nSPS) is 16.7. The molecule has 0 aliphatic carbocycles. The van der Waals surface area contributed by atoms with Crippen molar-refractivity contribution >= 4 is 10.8 Å². The lowest BCUT2D eigenvalue weighted by atomic mass is 10.3. The zero-order chi connectivity index (χ0) is 7.98. The first-order valence-corrected chi connectivity index (χ1v) is 5.43. The van der Waals surface area contributed by atoms with Crippen molar-refractivity contribution in [3.8, 4) is 0 Å². The van der Waals surface area contributed by atoms with Crippen LogP contribution in [-0.2, 0) is 10.8 Å². The van der Waals surface area contributed by atoms with Crippen molar-refractivity contribution in [2.24, 2.45) is 0 Å². The maximum Gasteiger partial charge on any atom is 0.0246 e. The SMILES string of the molecule is CCNC(C)CCS(C)=O. The standard InChI is InChI=1S/C7H17NOS/c1-4-8-7(2)5-6-10(3)9/h7-8H,4-6H2,1-3H3. The van der Waals surface area contributed by atoms with Gasteiger partial charge < -0.3 is 5.32 Å². The van der Waals surface area contributed by atoms with Crippen LogP contribution in [0.25, 0.3) is 0 Å². The summed E-state index contributed by atoms with van der Waals surface area (Å²) in [6, 6.07) is 0.508. The van der Waals surface area contributed by atoms with Crippen LogP contribution in [0.1, 0.15) is 20.3 Å². The summed E-state index contributed by atoms with van der Waals surface area (Å²) in [5.74, 6) is 0.814. The zero-order valence-electron chi connectivity index (χ0n) is 7.02. The number of hydrogen-bond acceptors (Lipinski definition) is 2. The lowest BCUT2D eigenvalue weighted by Crippen LogP contribution is -2.26. The average molecular weight is 163 g/mol. The molecule has 1 N–H and O–H groups in total. The molecule has 0 radical (unpaired) electrons. The largest absolute Gasteiger partial charge is 0.315 e. The van der Waals surface area contributed by atoms with Crippen LogP contribution in [-0.4, -0.2) is 28.8 Å². The molecule has 2 unspecified atom stereocenters. The van der Waals surface area contributed by atoms with E-state index in [-0.39, 0.29) is 0 Å². The van der Waals surface area contributed by atoms with E-state index in [4.69, 9.17) is 0 Å². The molecule has 0 saturated carbocycles. The summed E-state index contributed by atoms with van der Waals surface area (Å²) in [4.78, 5) is 0. The highest BCUT2D eigenvalue weighted by Crippen LogP contribution is 1.91. The van der Waals surface area contributed by atoms with E-state index >= 15 is 0 Å². The van der Waals surface area contributed by atoms with Gasteiger partial charge in [-0.15, -0.1) is 0 Å². The van der Waals surface area contributed by atoms with Gasteiger partial charge in [-0.2, -0.15) is 0 Å². The van der Waals surface area contributed by atoms with E-state index in [2.05, 4.69) is 19.2 Å². The van der Waals surface area contributed by atoms with Crippen LogP contribution in [0.15, 0.2) is 0 Å². The van der Waals surface area contributed by atoms with Gasteiger partial charge in [0.2, 0.25) is 0 Å². The molecule has 0 spiro atoms. The first-order chi connectivity index (χ1) is 4.66. The van der Waals surface area contributed by atoms with Gasteiger partial charge in [-0.25, -0.2) is 0 Å². The Morgan fingerprint density at radius 2 is 2.20 bits per heavy atom. The van der Waals surface area contributed by atoms with Gasteiger partial charge in [-0.05, 0) is 19.9 Å². The van der Waals surface area contributed by atoms with E-state index in [1.807, 2.05) is 0 Å². The van der Waals surface area contributed by atoms with E-state index in [1.165, 1.54) is 0 Å². The second-order valence-corrected chi connectivity index (χ2v) is 4.08. The third-order valence-corrected chi connectivity index (χ3v) is 2.20. The molecule has 0 saturated heterocycles. The Labute approximate surface area is 65.9 Å². The Bertz CT molecular complexity index is 106. The molecule has 10 heavy (non-hydrogen) atoms. The molecule has 0 aromatic heterocycles. The summed E-state index contributed by atoms with van der Waals surface area (Å²) in [6.07, 6.45) is 2.76. The summed E-state index contributed by atoms with van der Waals surface area (Å²) in [5.41, 5.74) is 0. The number of hydrogen-bond donors (Lipinski definition) is 1. The van der Waals surface area contributed by atoms with Gasteiger partial charge in [0.25, 0.3) is 0 Å². The molecule has 0 heterocycles. The summed E-state index contributed by atoms with van der Waals surface area (Å²) >= 11 is 0. The molecule has 0 aromatic rings. The van der Waals surface area contributed by atoms with Crippen LogP contribution in [0.5, 0.6) is 0 Å². The van der Waals surface area contributed by atoms with Gasteiger partial charge in [0.1, 0.15) is 0 Å². The monoisotopic (exact) mass is 163 g/mol. The van der Waals surface area contributed by atoms with Crippen LogP contribution < -0.4 is 5.32 Å². The third-order valence-electron chi connectivity index (χ3n) is 1.39. The Morgan fingerprint density at radius 1 is 1.60 bits per heavy atom. The van der Waals surface area contributed by atoms with Gasteiger partial charge in [0, 0.05) is 28.9 Å². The van der Waals surface area contributed by atoms with Crippen molar-refractivity contribution < 1.29 is 4.21 Å². The summed E-state index contributed by atoms with van der Waals surface area (Å²) in [6.45, 7) is 5.20. The zero-order valence-corrected chi connectivity index (χ0v) is 7.83. The predicted octanol–water partition coefficient (Wildman–Crippen LogP) is 0.753. The second kappa shape index (κ2) is 5.86. The molecule has 0 aliphatic rings. The molecule has 0 aromatic carbocycles. The molecular formula is C7H17NOS. The van der Waals surface area contributed by atoms with Crippen LogP contribution in [0.4, 0.5) is 0 Å². The minimum Gasteiger partial charge on any atom is -0.315 e. The van der Waals surface area contributed by atoms with E-state index in [0.717, 1.165) is 18.7 Å². The number of rotatable bonds is 5. The van der Waals surface area contributed by atoms with Crippen LogP contribution >= 0.6 is 0 Å². The Balaban J connectivity index is 3.21. The molecule has 0 fully saturated rings. The second-order valence-electron chi connectivity index (χ2n) is 2.52. The minimum absolute atomic E-state index is 0.508. The van der Waals surface area contributed by atoms with Gasteiger partial charge in [-0.3, -0.25) is 4.21 Å². The Kier molecular flexibility index (Phi) is 5.93. The molecular weight excluding hydrogens is 146 g/mol. The highest BCUT2D eigenvalue weighted by atomic mass is 32.2. The van der Waals surface area contributed by atoms with Gasteiger partial charge in [0.05, 0.1) is 0 Å². The van der Waals surface area contributed by atoms with E-state index in [9.17, 15) is 4.21 Å². The molecule has 0 amide bonds. The molecule has 0 bridgehead atoms. The number of nitrogens with one attached hydrogen (secondary N) is 1. The van der Waals surface area contributed by atoms with Gasteiger partial charge in [-0.1, -0.05) is 6.92 Å². The van der Waals surface area contributed by atoms with Crippen LogP contribution in [0, 0.1) is 0 Å². The molecule has 0 aliphatic heterocycles. The van der Waals surface area contributed by atoms with Crippen molar-refractivity contribution in [1.82, 2.24) is 5.32 Å². The smallest absolute Gasteiger partial charge is 0.0246 e. The topological polar surface area (TPSA) is 29.1 Å². The fourth-order valence-corrected chi connectivity index (χ4v) is 1.48. The van der Waals surface area contributed by atoms with Gasteiger partial charge in [0.15, 0.2) is 0 Å². The first-order valence-electron chi connectivity index (χ1n) is 3.70. The molecule has 2 atom stereocenters. The van der Waals surface area contributed by atoms with Crippen molar-refractivity contribution in [3.63, 3.8) is 0 Å². The summed E-state index contributed by atoms with van der Waals surface area (Å²) in [5, 5.41) is 3.27. The fourth-order valence-electron chi connectivity index (χ4n) is 0.793. The molecule has 0 rings (SSSR count). The third kappa shape index (κ3) is 6.23. The average Bonchev–Trinajstić information content (AvgIpc) is 1.85. The van der Waals surface area contributed by atoms with Crippen LogP contribution in [0.2, 0.25) is 0 Å². The van der Waals surface area contributed by atoms with E-state index < -0.39 is 10.8 Å². The minimum atomic E-state index is -0.630. The quantitative estimate of drug-likeness (QED) is 0.648. The van der Waals surface area contributed by atoms with Gasteiger partial charge >= 0.3 is 0 Å². The Morgan fingerprint density at radius 3 is 2.60 bits per heavy atom. The van der Waals surface area contributed by atoms with Crippen LogP contribution in [0.3, 0.4) is 0 Å². The van der Waals surface area contributed by atoms with Crippen molar-refractivity contribution in [1.29, 1.82) is 0 Å². The molecule has 62 valence electrons. The van der Waals surface area contributed by atoms with E-state index in [0.29, 0.717) is 6.04 Å². The van der Waals surface area contributed by atoms with Crippen molar-refractivity contribution in [2.45, 2.75) is 26.3 Å². The molecule has 3 heteroatoms. The molecule has 2 nitrogen and oxygen atoms in total. The predicted molar refractivity (Wildman–Crippen MR) is 46.7 cm³/mol. The summed E-state index contributed by atoms with van der Waals surface area (Å²) in [7, 11) is -0.630. The lowest BCUT2D eigenvalue weighted by molar-refractivity contribution is 0.553. The lowest BCUT2D eigenvalue weighted by Gasteiger charge is -2.09.